The maximum absolute atomic E-state index is 5.37. The van der Waals surface area contributed by atoms with Crippen LogP contribution < -0.4 is 15.5 Å². The summed E-state index contributed by atoms with van der Waals surface area (Å²) in [4.78, 5) is 7.13. The molecule has 1 saturated heterocycles. The highest BCUT2D eigenvalue weighted by atomic mass is 127. The first-order valence-corrected chi connectivity index (χ1v) is 10.2. The Morgan fingerprint density at radius 1 is 1.31 bits per heavy atom. The van der Waals surface area contributed by atoms with Crippen molar-refractivity contribution >= 4 is 51.6 Å². The first-order chi connectivity index (χ1) is 12.2. The zero-order valence-electron chi connectivity index (χ0n) is 15.8. The molecule has 1 atom stereocenters. The fourth-order valence-electron chi connectivity index (χ4n) is 2.97. The van der Waals surface area contributed by atoms with Crippen LogP contribution in [0.2, 0.25) is 0 Å². The molecule has 0 spiro atoms. The van der Waals surface area contributed by atoms with Gasteiger partial charge in [0.15, 0.2) is 5.96 Å². The molecule has 1 aromatic rings. The molecule has 0 aromatic heterocycles. The summed E-state index contributed by atoms with van der Waals surface area (Å²) < 4.78 is 6.53. The van der Waals surface area contributed by atoms with E-state index in [2.05, 4.69) is 62.7 Å². The average Bonchev–Trinajstić information content (AvgIpc) is 3.07. The van der Waals surface area contributed by atoms with Crippen molar-refractivity contribution in [3.63, 3.8) is 0 Å². The van der Waals surface area contributed by atoms with Gasteiger partial charge in [-0.1, -0.05) is 12.1 Å². The van der Waals surface area contributed by atoms with E-state index in [-0.39, 0.29) is 24.0 Å². The molecule has 0 amide bonds. The zero-order valence-corrected chi connectivity index (χ0v) is 19.8. The molecule has 1 aliphatic rings. The summed E-state index contributed by atoms with van der Waals surface area (Å²) in [6.45, 7) is 9.54. The van der Waals surface area contributed by atoms with Crippen molar-refractivity contribution in [2.75, 3.05) is 44.3 Å². The minimum Gasteiger partial charge on any atom is -0.382 e. The molecule has 0 saturated carbocycles. The lowest BCUT2D eigenvalue weighted by atomic mass is 10.2. The molecule has 1 heterocycles. The molecule has 148 valence electrons. The molecule has 5 nitrogen and oxygen atoms in total. The van der Waals surface area contributed by atoms with E-state index in [1.165, 1.54) is 5.69 Å². The number of benzene rings is 1. The fraction of sp³-hybridized carbons (Fsp3) is 0.632. The third-order valence-electron chi connectivity index (χ3n) is 4.24. The van der Waals surface area contributed by atoms with Crippen molar-refractivity contribution in [2.45, 2.75) is 39.2 Å². The number of rotatable bonds is 9. The highest BCUT2D eigenvalue weighted by Gasteiger charge is 2.24. The minimum atomic E-state index is 0. The van der Waals surface area contributed by atoms with E-state index in [1.54, 1.807) is 0 Å². The SMILES string of the molecule is CCNC(=NCCCCOCC)NC1CCN(c2ccccc2Br)C1.I. The van der Waals surface area contributed by atoms with Crippen molar-refractivity contribution < 1.29 is 4.74 Å². The van der Waals surface area contributed by atoms with E-state index < -0.39 is 0 Å². The van der Waals surface area contributed by atoms with Crippen LogP contribution in [0.5, 0.6) is 0 Å². The Morgan fingerprint density at radius 2 is 2.12 bits per heavy atom. The van der Waals surface area contributed by atoms with Crippen LogP contribution >= 0.6 is 39.9 Å². The Morgan fingerprint density at radius 3 is 2.85 bits per heavy atom. The normalized spacial score (nSPS) is 17.1. The van der Waals surface area contributed by atoms with Gasteiger partial charge in [-0.05, 0) is 61.2 Å². The van der Waals surface area contributed by atoms with E-state index >= 15 is 0 Å². The largest absolute Gasteiger partial charge is 0.382 e. The van der Waals surface area contributed by atoms with Crippen LogP contribution in [0, 0.1) is 0 Å². The summed E-state index contributed by atoms with van der Waals surface area (Å²) in [6.07, 6.45) is 3.25. The van der Waals surface area contributed by atoms with Gasteiger partial charge in [-0.3, -0.25) is 4.99 Å². The lowest BCUT2D eigenvalue weighted by Gasteiger charge is -2.21. The molecular formula is C19H32BrIN4O. The molecule has 2 rings (SSSR count). The van der Waals surface area contributed by atoms with Gasteiger partial charge in [0.25, 0.3) is 0 Å². The first kappa shape index (κ1) is 23.5. The van der Waals surface area contributed by atoms with E-state index in [1.807, 2.05) is 6.92 Å². The van der Waals surface area contributed by atoms with E-state index in [4.69, 9.17) is 9.73 Å². The van der Waals surface area contributed by atoms with Gasteiger partial charge in [0, 0.05) is 49.9 Å². The number of nitrogens with one attached hydrogen (secondary N) is 2. The number of hydrogen-bond donors (Lipinski definition) is 2. The molecule has 7 heteroatoms. The van der Waals surface area contributed by atoms with Gasteiger partial charge in [0.05, 0.1) is 5.69 Å². The second kappa shape index (κ2) is 13.6. The van der Waals surface area contributed by atoms with Crippen LogP contribution in [0.4, 0.5) is 5.69 Å². The highest BCUT2D eigenvalue weighted by Crippen LogP contribution is 2.28. The topological polar surface area (TPSA) is 48.9 Å². The van der Waals surface area contributed by atoms with Crippen LogP contribution in [0.15, 0.2) is 33.7 Å². The van der Waals surface area contributed by atoms with Crippen LogP contribution in [0.1, 0.15) is 33.1 Å². The van der Waals surface area contributed by atoms with Gasteiger partial charge in [0.1, 0.15) is 0 Å². The lowest BCUT2D eigenvalue weighted by molar-refractivity contribution is 0.144. The molecule has 1 fully saturated rings. The number of unbranched alkanes of at least 4 members (excludes halogenated alkanes) is 1. The molecule has 1 aromatic carbocycles. The fourth-order valence-corrected chi connectivity index (χ4v) is 3.51. The number of anilines is 1. The van der Waals surface area contributed by atoms with Gasteiger partial charge < -0.3 is 20.3 Å². The number of nitrogens with zero attached hydrogens (tertiary/aromatic N) is 2. The van der Waals surface area contributed by atoms with Gasteiger partial charge in [-0.15, -0.1) is 24.0 Å². The summed E-state index contributed by atoms with van der Waals surface area (Å²) in [7, 11) is 0. The number of guanidine groups is 1. The van der Waals surface area contributed by atoms with E-state index in [9.17, 15) is 0 Å². The number of aliphatic imine (C=N–C) groups is 1. The van der Waals surface area contributed by atoms with Gasteiger partial charge >= 0.3 is 0 Å². The predicted molar refractivity (Wildman–Crippen MR) is 125 cm³/mol. The summed E-state index contributed by atoms with van der Waals surface area (Å²) in [5.41, 5.74) is 1.27. The third-order valence-corrected chi connectivity index (χ3v) is 4.91. The molecule has 26 heavy (non-hydrogen) atoms. The Balaban J connectivity index is 0.00000338. The van der Waals surface area contributed by atoms with Gasteiger partial charge in [-0.2, -0.15) is 0 Å². The Hall–Kier alpha value is -0.540. The number of halogens is 2. The monoisotopic (exact) mass is 538 g/mol. The minimum absolute atomic E-state index is 0. The number of hydrogen-bond acceptors (Lipinski definition) is 3. The molecular weight excluding hydrogens is 507 g/mol. The molecule has 1 aliphatic heterocycles. The summed E-state index contributed by atoms with van der Waals surface area (Å²) in [6, 6.07) is 8.84. The molecule has 0 radical (unpaired) electrons. The smallest absolute Gasteiger partial charge is 0.191 e. The Labute approximate surface area is 183 Å². The van der Waals surface area contributed by atoms with Gasteiger partial charge in [0.2, 0.25) is 0 Å². The van der Waals surface area contributed by atoms with Crippen molar-refractivity contribution in [3.05, 3.63) is 28.7 Å². The Bertz CT molecular complexity index is 544. The third kappa shape index (κ3) is 8.00. The number of ether oxygens (including phenoxy) is 1. The average molecular weight is 539 g/mol. The standard InChI is InChI=1S/C19H31BrN4O.HI/c1-3-21-19(22-12-7-8-14-25-4-2)23-16-11-13-24(15-16)18-10-6-5-9-17(18)20;/h5-6,9-10,16H,3-4,7-8,11-15H2,1-2H3,(H2,21,22,23);1H. The van der Waals surface area contributed by atoms with Crippen molar-refractivity contribution in [3.8, 4) is 0 Å². The Kier molecular flexibility index (Phi) is 12.3. The second-order valence-corrected chi connectivity index (χ2v) is 7.05. The van der Waals surface area contributed by atoms with E-state index in [0.29, 0.717) is 6.04 Å². The van der Waals surface area contributed by atoms with Crippen LogP contribution in [0.3, 0.4) is 0 Å². The number of para-hydroxylation sites is 1. The maximum Gasteiger partial charge on any atom is 0.191 e. The molecule has 0 bridgehead atoms. The molecule has 0 aliphatic carbocycles. The quantitative estimate of drug-likeness (QED) is 0.216. The predicted octanol–water partition coefficient (Wildman–Crippen LogP) is 4.02. The summed E-state index contributed by atoms with van der Waals surface area (Å²) >= 11 is 3.65. The van der Waals surface area contributed by atoms with Crippen LogP contribution in [-0.4, -0.2) is 51.4 Å². The lowest BCUT2D eigenvalue weighted by Crippen LogP contribution is -2.44. The van der Waals surface area contributed by atoms with E-state index in [0.717, 1.165) is 69.1 Å². The highest BCUT2D eigenvalue weighted by molar-refractivity contribution is 14.0. The molecule has 2 N–H and O–H groups in total. The maximum atomic E-state index is 5.37. The first-order valence-electron chi connectivity index (χ1n) is 9.36. The van der Waals surface area contributed by atoms with Gasteiger partial charge in [-0.25, -0.2) is 0 Å². The summed E-state index contributed by atoms with van der Waals surface area (Å²) in [5.74, 6) is 0.929. The second-order valence-electron chi connectivity index (χ2n) is 6.19. The van der Waals surface area contributed by atoms with Crippen molar-refractivity contribution in [1.29, 1.82) is 0 Å². The van der Waals surface area contributed by atoms with Crippen LogP contribution in [-0.2, 0) is 4.74 Å². The zero-order chi connectivity index (χ0) is 17.9. The van der Waals surface area contributed by atoms with Crippen molar-refractivity contribution in [2.24, 2.45) is 4.99 Å². The summed E-state index contributed by atoms with van der Waals surface area (Å²) in [5, 5.41) is 6.95. The van der Waals surface area contributed by atoms with Crippen LogP contribution in [0.25, 0.3) is 0 Å². The van der Waals surface area contributed by atoms with Crippen molar-refractivity contribution in [1.82, 2.24) is 10.6 Å². The molecule has 1 unspecified atom stereocenters.